The summed E-state index contributed by atoms with van der Waals surface area (Å²) in [6, 6.07) is 20.5. The largest absolute Gasteiger partial charge is 0.504 e. The Morgan fingerprint density at radius 1 is 1.11 bits per heavy atom. The zero-order chi connectivity index (χ0) is 24.5. The molecule has 0 bridgehead atoms. The number of aryl methyl sites for hydroxylation is 1. The number of nitrogens with zero attached hydrogens (tertiary/aromatic N) is 2. The van der Waals surface area contributed by atoms with Crippen LogP contribution in [0.4, 0.5) is 11.6 Å². The molecule has 35 heavy (non-hydrogen) atoms. The van der Waals surface area contributed by atoms with Crippen molar-refractivity contribution in [1.82, 2.24) is 9.55 Å². The first kappa shape index (κ1) is 22.5. The summed E-state index contributed by atoms with van der Waals surface area (Å²) in [5.41, 5.74) is 5.75. The molecule has 3 aromatic carbocycles. The Morgan fingerprint density at radius 3 is 2.63 bits per heavy atom. The zero-order valence-electron chi connectivity index (χ0n) is 20.0. The van der Waals surface area contributed by atoms with E-state index in [2.05, 4.69) is 17.6 Å². The molecule has 1 aromatic heterocycles. The lowest BCUT2D eigenvalue weighted by Gasteiger charge is -2.31. The van der Waals surface area contributed by atoms with Crippen LogP contribution in [0.25, 0.3) is 11.0 Å². The number of carbonyl (C=O) groups excluding carboxylic acids is 1. The highest BCUT2D eigenvalue weighted by molar-refractivity contribution is 6.06. The molecule has 178 valence electrons. The van der Waals surface area contributed by atoms with Crippen LogP contribution in [0.3, 0.4) is 0 Å². The summed E-state index contributed by atoms with van der Waals surface area (Å²) in [6.45, 7) is 6.26. The van der Waals surface area contributed by atoms with Crippen molar-refractivity contribution in [1.29, 1.82) is 0 Å². The summed E-state index contributed by atoms with van der Waals surface area (Å²) in [4.78, 5) is 18.5. The topological polar surface area (TPSA) is 88.4 Å². The van der Waals surface area contributed by atoms with Gasteiger partial charge in [-0.2, -0.15) is 0 Å². The van der Waals surface area contributed by atoms with E-state index in [0.29, 0.717) is 29.6 Å². The Kier molecular flexibility index (Phi) is 5.91. The van der Waals surface area contributed by atoms with Crippen LogP contribution in [0.15, 0.2) is 78.0 Å². The minimum Gasteiger partial charge on any atom is -0.504 e. The van der Waals surface area contributed by atoms with Gasteiger partial charge in [-0.1, -0.05) is 37.3 Å². The molecule has 0 spiro atoms. The summed E-state index contributed by atoms with van der Waals surface area (Å²) < 4.78 is 7.69. The van der Waals surface area contributed by atoms with E-state index in [1.54, 1.807) is 12.1 Å². The number of benzene rings is 3. The highest BCUT2D eigenvalue weighted by Crippen LogP contribution is 2.41. The Morgan fingerprint density at radius 2 is 1.89 bits per heavy atom. The number of carbonyl (C=O) groups is 1. The van der Waals surface area contributed by atoms with Gasteiger partial charge >= 0.3 is 0 Å². The molecule has 3 N–H and O–H groups in total. The van der Waals surface area contributed by atoms with Gasteiger partial charge in [-0.15, -0.1) is 0 Å². The lowest BCUT2D eigenvalue weighted by molar-refractivity contribution is -0.113. The van der Waals surface area contributed by atoms with Gasteiger partial charge in [0.2, 0.25) is 5.95 Å². The molecule has 0 aliphatic carbocycles. The Balaban J connectivity index is 1.64. The molecule has 0 fully saturated rings. The van der Waals surface area contributed by atoms with Crippen LogP contribution in [0.2, 0.25) is 0 Å². The van der Waals surface area contributed by atoms with Crippen LogP contribution >= 0.6 is 0 Å². The van der Waals surface area contributed by atoms with Crippen molar-refractivity contribution in [3.8, 4) is 11.5 Å². The van der Waals surface area contributed by atoms with Gasteiger partial charge < -0.3 is 20.5 Å². The van der Waals surface area contributed by atoms with E-state index in [4.69, 9.17) is 9.72 Å². The lowest BCUT2D eigenvalue weighted by Crippen LogP contribution is -2.31. The molecule has 1 aliphatic heterocycles. The maximum atomic E-state index is 13.7. The van der Waals surface area contributed by atoms with Gasteiger partial charge in [0.15, 0.2) is 11.5 Å². The number of amides is 1. The van der Waals surface area contributed by atoms with E-state index in [0.717, 1.165) is 28.7 Å². The van der Waals surface area contributed by atoms with Crippen molar-refractivity contribution in [3.63, 3.8) is 0 Å². The van der Waals surface area contributed by atoms with Gasteiger partial charge in [-0.3, -0.25) is 9.36 Å². The number of allylic oxidation sites excluding steroid dienone is 1. The number of fused-ring (bicyclic) bond motifs is 3. The third-order valence-electron chi connectivity index (χ3n) is 6.29. The standard InChI is InChI=1S/C28H28N4O3/c1-4-18-10-13-20(14-11-18)30-27(34)25-17(3)29-28-31-21-8-6-7-9-22(21)32(28)26(25)19-12-15-23(33)24(16-19)35-5-2/h6-16,26,33H,4-5H2,1-3H3,(H,29,31)(H,30,34). The van der Waals surface area contributed by atoms with Crippen molar-refractivity contribution in [2.75, 3.05) is 17.2 Å². The van der Waals surface area contributed by atoms with E-state index in [-0.39, 0.29) is 11.7 Å². The number of rotatable bonds is 6. The fraction of sp³-hybridized carbons (Fsp3) is 0.214. The smallest absolute Gasteiger partial charge is 0.255 e. The third kappa shape index (κ3) is 4.10. The summed E-state index contributed by atoms with van der Waals surface area (Å²) in [6.07, 6.45) is 0.935. The number of ether oxygens (including phenoxy) is 1. The molecule has 1 unspecified atom stereocenters. The molecule has 1 amide bonds. The zero-order valence-corrected chi connectivity index (χ0v) is 20.0. The fourth-order valence-electron chi connectivity index (χ4n) is 4.57. The average Bonchev–Trinajstić information content (AvgIpc) is 3.23. The minimum atomic E-state index is -0.478. The highest BCUT2D eigenvalue weighted by Gasteiger charge is 2.34. The first-order valence-corrected chi connectivity index (χ1v) is 11.8. The number of hydrogen-bond acceptors (Lipinski definition) is 5. The van der Waals surface area contributed by atoms with E-state index < -0.39 is 6.04 Å². The second kappa shape index (κ2) is 9.18. The Hall–Kier alpha value is -4.26. The molecule has 0 saturated heterocycles. The number of aromatic hydroxyl groups is 1. The van der Waals surface area contributed by atoms with Crippen molar-refractivity contribution in [2.24, 2.45) is 0 Å². The van der Waals surface area contributed by atoms with E-state index in [1.165, 1.54) is 5.56 Å². The van der Waals surface area contributed by atoms with Gasteiger partial charge in [-0.25, -0.2) is 4.98 Å². The number of phenolic OH excluding ortho intramolecular Hbond substituents is 1. The van der Waals surface area contributed by atoms with Crippen LogP contribution in [0.5, 0.6) is 11.5 Å². The Labute approximate surface area is 204 Å². The maximum Gasteiger partial charge on any atom is 0.255 e. The van der Waals surface area contributed by atoms with Crippen molar-refractivity contribution in [2.45, 2.75) is 33.2 Å². The lowest BCUT2D eigenvalue weighted by atomic mass is 9.94. The van der Waals surface area contributed by atoms with Crippen LogP contribution in [-0.4, -0.2) is 27.2 Å². The molecular formula is C28H28N4O3. The highest BCUT2D eigenvalue weighted by atomic mass is 16.5. The van der Waals surface area contributed by atoms with Gasteiger partial charge in [0.1, 0.15) is 0 Å². The van der Waals surface area contributed by atoms with E-state index in [9.17, 15) is 9.90 Å². The summed E-state index contributed by atoms with van der Waals surface area (Å²) >= 11 is 0. The second-order valence-corrected chi connectivity index (χ2v) is 8.53. The third-order valence-corrected chi connectivity index (χ3v) is 6.29. The van der Waals surface area contributed by atoms with Gasteiger partial charge in [0, 0.05) is 11.4 Å². The number of hydrogen-bond donors (Lipinski definition) is 3. The van der Waals surface area contributed by atoms with Gasteiger partial charge in [-0.05, 0) is 67.8 Å². The van der Waals surface area contributed by atoms with Crippen LogP contribution in [0.1, 0.15) is 37.9 Å². The molecule has 2 heterocycles. The number of para-hydroxylation sites is 2. The average molecular weight is 469 g/mol. The van der Waals surface area contributed by atoms with Crippen molar-refractivity contribution < 1.29 is 14.6 Å². The first-order chi connectivity index (χ1) is 17.0. The minimum absolute atomic E-state index is 0.0583. The normalized spacial score (nSPS) is 15.0. The molecule has 4 aromatic rings. The summed E-state index contributed by atoms with van der Waals surface area (Å²) in [5, 5.41) is 16.7. The number of aromatic nitrogens is 2. The van der Waals surface area contributed by atoms with Crippen LogP contribution < -0.4 is 15.4 Å². The molecule has 7 nitrogen and oxygen atoms in total. The number of imidazole rings is 1. The Bertz CT molecular complexity index is 1440. The molecule has 0 saturated carbocycles. The number of phenols is 1. The number of nitrogens with one attached hydrogen (secondary N) is 2. The molecule has 1 aliphatic rings. The summed E-state index contributed by atoms with van der Waals surface area (Å²) in [5.74, 6) is 0.882. The maximum absolute atomic E-state index is 13.7. The first-order valence-electron chi connectivity index (χ1n) is 11.8. The number of anilines is 2. The molecule has 7 heteroatoms. The quantitative estimate of drug-likeness (QED) is 0.341. The molecule has 1 atom stereocenters. The van der Waals surface area contributed by atoms with Crippen molar-refractivity contribution >= 4 is 28.6 Å². The van der Waals surface area contributed by atoms with Crippen LogP contribution in [-0.2, 0) is 11.2 Å². The molecule has 5 rings (SSSR count). The predicted molar refractivity (Wildman–Crippen MR) is 138 cm³/mol. The van der Waals surface area contributed by atoms with Gasteiger partial charge in [0.05, 0.1) is 29.3 Å². The van der Waals surface area contributed by atoms with Crippen LogP contribution in [0, 0.1) is 0 Å². The molecular weight excluding hydrogens is 440 g/mol. The van der Waals surface area contributed by atoms with E-state index >= 15 is 0 Å². The second-order valence-electron chi connectivity index (χ2n) is 8.53. The molecule has 0 radical (unpaired) electrons. The fourth-order valence-corrected chi connectivity index (χ4v) is 4.57. The van der Waals surface area contributed by atoms with E-state index in [1.807, 2.05) is 73.0 Å². The monoisotopic (exact) mass is 468 g/mol. The SMILES string of the molecule is CCOc1cc(C2C(C(=O)Nc3ccc(CC)cc3)=C(C)Nc3nc4ccccc4n32)ccc1O. The van der Waals surface area contributed by atoms with Gasteiger partial charge in [0.25, 0.3) is 5.91 Å². The predicted octanol–water partition coefficient (Wildman–Crippen LogP) is 5.63. The summed E-state index contributed by atoms with van der Waals surface area (Å²) in [7, 11) is 0. The van der Waals surface area contributed by atoms with Crippen molar-refractivity contribution in [3.05, 3.63) is 89.1 Å².